The van der Waals surface area contributed by atoms with E-state index < -0.39 is 0 Å². The highest BCUT2D eigenvalue weighted by Crippen LogP contribution is 2.25. The van der Waals surface area contributed by atoms with E-state index in [1.54, 1.807) is 30.4 Å². The molecule has 3 rings (SSSR count). The van der Waals surface area contributed by atoms with Gasteiger partial charge in [-0.1, -0.05) is 19.1 Å². The van der Waals surface area contributed by atoms with E-state index in [1.165, 1.54) is 0 Å². The van der Waals surface area contributed by atoms with Gasteiger partial charge >= 0.3 is 0 Å². The Morgan fingerprint density at radius 1 is 1.29 bits per heavy atom. The van der Waals surface area contributed by atoms with Crippen molar-refractivity contribution in [2.45, 2.75) is 30.8 Å². The molecular formula is C18H21N3O2S. The van der Waals surface area contributed by atoms with Crippen molar-refractivity contribution in [2.24, 2.45) is 0 Å². The zero-order chi connectivity index (χ0) is 16.8. The lowest BCUT2D eigenvalue weighted by molar-refractivity contribution is 0.0584. The number of rotatable bonds is 5. The van der Waals surface area contributed by atoms with Crippen LogP contribution in [0.25, 0.3) is 0 Å². The van der Waals surface area contributed by atoms with E-state index in [-0.39, 0.29) is 12.0 Å². The predicted molar refractivity (Wildman–Crippen MR) is 94.4 cm³/mol. The Hall–Kier alpha value is -2.08. The van der Waals surface area contributed by atoms with Crippen molar-refractivity contribution < 1.29 is 9.53 Å². The summed E-state index contributed by atoms with van der Waals surface area (Å²) in [6, 6.07) is 7.85. The molecule has 0 bridgehead atoms. The Morgan fingerprint density at radius 3 is 2.79 bits per heavy atom. The summed E-state index contributed by atoms with van der Waals surface area (Å²) in [6.07, 6.45) is 6.58. The first-order valence-corrected chi connectivity index (χ1v) is 9.20. The van der Waals surface area contributed by atoms with Gasteiger partial charge in [-0.2, -0.15) is 0 Å². The summed E-state index contributed by atoms with van der Waals surface area (Å²) in [7, 11) is 0. The Labute approximate surface area is 146 Å². The van der Waals surface area contributed by atoms with E-state index in [0.29, 0.717) is 19.0 Å². The van der Waals surface area contributed by atoms with Gasteiger partial charge in [0.1, 0.15) is 6.10 Å². The molecule has 1 aromatic carbocycles. The minimum Gasteiger partial charge on any atom is -0.473 e. The molecule has 0 spiro atoms. The lowest BCUT2D eigenvalue weighted by atomic mass is 10.1. The van der Waals surface area contributed by atoms with Crippen LogP contribution in [0.2, 0.25) is 0 Å². The Morgan fingerprint density at radius 2 is 2.08 bits per heavy atom. The maximum absolute atomic E-state index is 12.8. The molecule has 1 aromatic heterocycles. The molecule has 1 aliphatic rings. The molecule has 1 amide bonds. The van der Waals surface area contributed by atoms with Gasteiger partial charge in [0.15, 0.2) is 0 Å². The first kappa shape index (κ1) is 16.8. The summed E-state index contributed by atoms with van der Waals surface area (Å²) >= 11 is 1.71. The molecule has 5 nitrogen and oxygen atoms in total. The molecule has 0 unspecified atom stereocenters. The Bertz CT molecular complexity index is 673. The standard InChI is InChI=1S/C18H21N3O2S/c1-2-24-16-6-4-3-5-15(16)18(22)21-11-7-14(8-12-21)23-17-13-19-9-10-20-17/h3-6,9-10,13-14H,2,7-8,11-12H2,1H3. The number of hydrogen-bond acceptors (Lipinski definition) is 5. The van der Waals surface area contributed by atoms with Gasteiger partial charge in [-0.05, 0) is 17.9 Å². The van der Waals surface area contributed by atoms with Crippen molar-refractivity contribution in [2.75, 3.05) is 18.8 Å². The number of amides is 1. The van der Waals surface area contributed by atoms with E-state index in [0.717, 1.165) is 29.1 Å². The first-order chi connectivity index (χ1) is 11.8. The molecule has 126 valence electrons. The van der Waals surface area contributed by atoms with Crippen LogP contribution < -0.4 is 4.74 Å². The fourth-order valence-electron chi connectivity index (χ4n) is 2.79. The summed E-state index contributed by atoms with van der Waals surface area (Å²) < 4.78 is 5.84. The minimum atomic E-state index is 0.0889. The highest BCUT2D eigenvalue weighted by Gasteiger charge is 2.26. The van der Waals surface area contributed by atoms with Crippen LogP contribution in [0.15, 0.2) is 47.8 Å². The quantitative estimate of drug-likeness (QED) is 0.780. The molecular weight excluding hydrogens is 322 g/mol. The van der Waals surface area contributed by atoms with Crippen molar-refractivity contribution in [3.05, 3.63) is 48.4 Å². The molecule has 0 saturated carbocycles. The SMILES string of the molecule is CCSc1ccccc1C(=O)N1CCC(Oc2cnccn2)CC1. The predicted octanol–water partition coefficient (Wildman–Crippen LogP) is 3.27. The van der Waals surface area contributed by atoms with Crippen molar-refractivity contribution >= 4 is 17.7 Å². The van der Waals surface area contributed by atoms with Crippen LogP contribution in [0.4, 0.5) is 0 Å². The fraction of sp³-hybridized carbons (Fsp3) is 0.389. The van der Waals surface area contributed by atoms with Gasteiger partial charge in [-0.15, -0.1) is 11.8 Å². The van der Waals surface area contributed by atoms with Gasteiger partial charge in [-0.3, -0.25) is 9.78 Å². The highest BCUT2D eigenvalue weighted by molar-refractivity contribution is 7.99. The average molecular weight is 343 g/mol. The molecule has 0 atom stereocenters. The second kappa shape index (κ2) is 8.15. The van der Waals surface area contributed by atoms with E-state index in [1.807, 2.05) is 29.2 Å². The third-order valence-corrected chi connectivity index (χ3v) is 4.93. The number of hydrogen-bond donors (Lipinski definition) is 0. The second-order valence-corrected chi connectivity index (χ2v) is 6.89. The first-order valence-electron chi connectivity index (χ1n) is 8.21. The van der Waals surface area contributed by atoms with E-state index in [9.17, 15) is 4.79 Å². The number of piperidine rings is 1. The third kappa shape index (κ3) is 4.06. The van der Waals surface area contributed by atoms with Crippen LogP contribution in [0.5, 0.6) is 5.88 Å². The third-order valence-electron chi connectivity index (χ3n) is 3.97. The molecule has 1 fully saturated rings. The fourth-order valence-corrected chi connectivity index (χ4v) is 3.59. The number of nitrogens with zero attached hydrogens (tertiary/aromatic N) is 3. The van der Waals surface area contributed by atoms with Crippen LogP contribution in [-0.2, 0) is 0 Å². The van der Waals surface area contributed by atoms with E-state index >= 15 is 0 Å². The molecule has 2 aromatic rings. The van der Waals surface area contributed by atoms with Gasteiger partial charge in [0.25, 0.3) is 5.91 Å². The lowest BCUT2D eigenvalue weighted by Gasteiger charge is -2.32. The number of aromatic nitrogens is 2. The lowest BCUT2D eigenvalue weighted by Crippen LogP contribution is -2.42. The van der Waals surface area contributed by atoms with Crippen molar-refractivity contribution in [3.8, 4) is 5.88 Å². The molecule has 0 N–H and O–H groups in total. The van der Waals surface area contributed by atoms with Crippen molar-refractivity contribution in [1.82, 2.24) is 14.9 Å². The van der Waals surface area contributed by atoms with Gasteiger partial charge in [0, 0.05) is 43.2 Å². The maximum Gasteiger partial charge on any atom is 0.254 e. The number of benzene rings is 1. The summed E-state index contributed by atoms with van der Waals surface area (Å²) in [4.78, 5) is 23.9. The Balaban J connectivity index is 1.59. The number of carbonyl (C=O) groups excluding carboxylic acids is 1. The van der Waals surface area contributed by atoms with Gasteiger partial charge in [-0.25, -0.2) is 4.98 Å². The van der Waals surface area contributed by atoms with Crippen molar-refractivity contribution in [1.29, 1.82) is 0 Å². The zero-order valence-corrected chi connectivity index (χ0v) is 14.5. The molecule has 0 radical (unpaired) electrons. The summed E-state index contributed by atoms with van der Waals surface area (Å²) in [5, 5.41) is 0. The van der Waals surface area contributed by atoms with Crippen molar-refractivity contribution in [3.63, 3.8) is 0 Å². The van der Waals surface area contributed by atoms with Gasteiger partial charge < -0.3 is 9.64 Å². The second-order valence-electron chi connectivity index (χ2n) is 5.58. The zero-order valence-electron chi connectivity index (χ0n) is 13.7. The van der Waals surface area contributed by atoms with Crippen LogP contribution >= 0.6 is 11.8 Å². The Kier molecular flexibility index (Phi) is 5.69. The van der Waals surface area contributed by atoms with Crippen LogP contribution in [0, 0.1) is 0 Å². The maximum atomic E-state index is 12.8. The molecule has 24 heavy (non-hydrogen) atoms. The number of carbonyl (C=O) groups is 1. The summed E-state index contributed by atoms with van der Waals surface area (Å²) in [5.74, 6) is 1.62. The minimum absolute atomic E-state index is 0.0889. The molecule has 0 aliphatic carbocycles. The van der Waals surface area contributed by atoms with Crippen LogP contribution in [0.3, 0.4) is 0 Å². The number of likely N-dealkylation sites (tertiary alicyclic amines) is 1. The van der Waals surface area contributed by atoms with Crippen LogP contribution in [0.1, 0.15) is 30.1 Å². The topological polar surface area (TPSA) is 55.3 Å². The summed E-state index contributed by atoms with van der Waals surface area (Å²) in [6.45, 7) is 3.50. The molecule has 2 heterocycles. The monoisotopic (exact) mass is 343 g/mol. The molecule has 1 aliphatic heterocycles. The van der Waals surface area contributed by atoms with Crippen LogP contribution in [-0.4, -0.2) is 45.7 Å². The van der Waals surface area contributed by atoms with Gasteiger partial charge in [0.2, 0.25) is 5.88 Å². The van der Waals surface area contributed by atoms with E-state index in [2.05, 4.69) is 16.9 Å². The smallest absolute Gasteiger partial charge is 0.254 e. The highest BCUT2D eigenvalue weighted by atomic mass is 32.2. The normalized spacial score (nSPS) is 15.3. The molecule has 1 saturated heterocycles. The number of ether oxygens (including phenoxy) is 1. The number of thioether (sulfide) groups is 1. The van der Waals surface area contributed by atoms with E-state index in [4.69, 9.17) is 4.74 Å². The average Bonchev–Trinajstić information content (AvgIpc) is 2.63. The summed E-state index contributed by atoms with van der Waals surface area (Å²) in [5.41, 5.74) is 0.803. The molecule has 6 heteroatoms. The largest absolute Gasteiger partial charge is 0.473 e. The van der Waals surface area contributed by atoms with Gasteiger partial charge in [0.05, 0.1) is 11.8 Å².